The number of fused-ring (bicyclic) bond motifs is 1. The lowest BCUT2D eigenvalue weighted by Gasteiger charge is -2.36. The van der Waals surface area contributed by atoms with Crippen molar-refractivity contribution in [2.45, 2.75) is 69.7 Å². The fourth-order valence-electron chi connectivity index (χ4n) is 5.46. The summed E-state index contributed by atoms with van der Waals surface area (Å²) in [6, 6.07) is 13.6. The number of aliphatic hydroxyl groups excluding tert-OH is 1. The first-order chi connectivity index (χ1) is 22.4. The van der Waals surface area contributed by atoms with Gasteiger partial charge in [0.2, 0.25) is 5.91 Å². The second-order valence-electron chi connectivity index (χ2n) is 12.4. The molecule has 0 saturated heterocycles. The standard InChI is InChI=1S/C34H47N5O7S/c1-24-19-39(25(2)22-40)34(42)29-18-28(36-47(43,44)32-21-37(4)23-35-32)14-15-30(29)46-26(3)11-9-10-16-45-31(24)20-38(5)33(41)17-27-12-7-6-8-13-27/h6-8,12-15,18,21,23-26,31,36,40H,9-11,16-17,19-20,22H2,1-5H3/t24-,25+,26+,31-/m0/s1. The lowest BCUT2D eigenvalue weighted by atomic mass is 10.0. The van der Waals surface area contributed by atoms with Crippen LogP contribution < -0.4 is 9.46 Å². The molecule has 2 amide bonds. The number of aliphatic hydroxyl groups is 1. The third kappa shape index (κ3) is 9.78. The van der Waals surface area contributed by atoms with E-state index in [-0.39, 0.29) is 59.9 Å². The quantitative estimate of drug-likeness (QED) is 0.351. The molecule has 3 aromatic rings. The van der Waals surface area contributed by atoms with Gasteiger partial charge in [0.15, 0.2) is 5.03 Å². The van der Waals surface area contributed by atoms with E-state index >= 15 is 0 Å². The molecule has 4 rings (SSSR count). The monoisotopic (exact) mass is 669 g/mol. The Kier molecular flexibility index (Phi) is 12.4. The lowest BCUT2D eigenvalue weighted by Crippen LogP contribution is -2.48. The smallest absolute Gasteiger partial charge is 0.280 e. The number of likely N-dealkylation sites (N-methyl/N-ethyl adjacent to an activating group) is 1. The van der Waals surface area contributed by atoms with Gasteiger partial charge in [-0.05, 0) is 56.9 Å². The van der Waals surface area contributed by atoms with E-state index in [0.29, 0.717) is 25.3 Å². The zero-order chi connectivity index (χ0) is 34.1. The Bertz CT molecular complexity index is 1600. The third-order valence-corrected chi connectivity index (χ3v) is 9.60. The van der Waals surface area contributed by atoms with Gasteiger partial charge in [0.25, 0.3) is 15.9 Å². The van der Waals surface area contributed by atoms with E-state index in [1.165, 1.54) is 23.2 Å². The zero-order valence-corrected chi connectivity index (χ0v) is 28.7. The maximum atomic E-state index is 14.3. The summed E-state index contributed by atoms with van der Waals surface area (Å²) < 4.78 is 42.7. The molecule has 2 aromatic carbocycles. The van der Waals surface area contributed by atoms with E-state index < -0.39 is 22.0 Å². The lowest BCUT2D eigenvalue weighted by molar-refractivity contribution is -0.131. The summed E-state index contributed by atoms with van der Waals surface area (Å²) in [6.07, 6.45) is 4.74. The van der Waals surface area contributed by atoms with E-state index in [1.807, 2.05) is 44.2 Å². The van der Waals surface area contributed by atoms with Gasteiger partial charge >= 0.3 is 0 Å². The van der Waals surface area contributed by atoms with Gasteiger partial charge in [-0.2, -0.15) is 8.42 Å². The van der Waals surface area contributed by atoms with Gasteiger partial charge in [-0.1, -0.05) is 37.3 Å². The molecule has 1 aliphatic heterocycles. The van der Waals surface area contributed by atoms with Crippen LogP contribution >= 0.6 is 0 Å². The maximum absolute atomic E-state index is 14.3. The van der Waals surface area contributed by atoms with Crippen molar-refractivity contribution in [3.8, 4) is 5.75 Å². The highest BCUT2D eigenvalue weighted by Gasteiger charge is 2.31. The highest BCUT2D eigenvalue weighted by Crippen LogP contribution is 2.29. The largest absolute Gasteiger partial charge is 0.490 e. The Morgan fingerprint density at radius 1 is 1.17 bits per heavy atom. The van der Waals surface area contributed by atoms with Crippen molar-refractivity contribution < 1.29 is 32.6 Å². The van der Waals surface area contributed by atoms with E-state index in [2.05, 4.69) is 9.71 Å². The van der Waals surface area contributed by atoms with Crippen LogP contribution in [-0.4, -0.2) is 96.3 Å². The molecule has 1 aromatic heterocycles. The van der Waals surface area contributed by atoms with Crippen LogP contribution in [0.3, 0.4) is 0 Å². The number of aryl methyl sites for hydroxylation is 1. The Hall–Kier alpha value is -3.94. The molecule has 2 N–H and O–H groups in total. The minimum absolute atomic E-state index is 0.0383. The fourth-order valence-corrected chi connectivity index (χ4v) is 6.49. The number of rotatable bonds is 9. The number of carbonyl (C=O) groups excluding carboxylic acids is 2. The van der Waals surface area contributed by atoms with Gasteiger partial charge in [0.1, 0.15) is 5.75 Å². The summed E-state index contributed by atoms with van der Waals surface area (Å²) in [4.78, 5) is 34.6. The topological polar surface area (TPSA) is 143 Å². The highest BCUT2D eigenvalue weighted by molar-refractivity contribution is 7.92. The second-order valence-corrected chi connectivity index (χ2v) is 14.1. The molecule has 12 nitrogen and oxygen atoms in total. The molecule has 0 fully saturated rings. The van der Waals surface area contributed by atoms with E-state index in [9.17, 15) is 23.1 Å². The molecule has 0 unspecified atom stereocenters. The number of ether oxygens (including phenoxy) is 2. The van der Waals surface area contributed by atoms with E-state index in [1.54, 1.807) is 43.0 Å². The van der Waals surface area contributed by atoms with E-state index in [0.717, 1.165) is 18.4 Å². The van der Waals surface area contributed by atoms with Crippen molar-refractivity contribution in [1.82, 2.24) is 19.4 Å². The first-order valence-corrected chi connectivity index (χ1v) is 17.5. The average molecular weight is 670 g/mol. The molecule has 256 valence electrons. The third-order valence-electron chi connectivity index (χ3n) is 8.34. The summed E-state index contributed by atoms with van der Waals surface area (Å²) in [7, 11) is -0.593. The summed E-state index contributed by atoms with van der Waals surface area (Å²) in [5.41, 5.74) is 1.26. The van der Waals surface area contributed by atoms with Crippen molar-refractivity contribution in [2.75, 3.05) is 38.1 Å². The SMILES string of the molecule is C[C@@H]1CCCCO[C@@H](CN(C)C(=O)Cc2ccccc2)[C@@H](C)CN([C@H](C)CO)C(=O)c2cc(NS(=O)(=O)c3cn(C)cn3)ccc2O1. The van der Waals surface area contributed by atoms with Crippen molar-refractivity contribution >= 4 is 27.5 Å². The number of aromatic nitrogens is 2. The molecule has 0 saturated carbocycles. The number of nitrogens with zero attached hydrogens (tertiary/aromatic N) is 4. The number of anilines is 1. The first kappa shape index (κ1) is 35.9. The summed E-state index contributed by atoms with van der Waals surface area (Å²) in [5.74, 6) is -0.369. The zero-order valence-electron chi connectivity index (χ0n) is 27.8. The number of imidazole rings is 1. The molecule has 0 spiro atoms. The number of carbonyl (C=O) groups is 2. The van der Waals surface area contributed by atoms with Gasteiger partial charge in [-0.25, -0.2) is 4.98 Å². The van der Waals surface area contributed by atoms with Crippen LogP contribution in [0.4, 0.5) is 5.69 Å². The van der Waals surface area contributed by atoms with Gasteiger partial charge in [-0.3, -0.25) is 14.3 Å². The van der Waals surface area contributed by atoms with Crippen LogP contribution in [0.15, 0.2) is 66.1 Å². The van der Waals surface area contributed by atoms with Crippen LogP contribution in [0.25, 0.3) is 0 Å². The van der Waals surface area contributed by atoms with Crippen molar-refractivity contribution in [3.05, 3.63) is 72.2 Å². The predicted molar refractivity (Wildman–Crippen MR) is 179 cm³/mol. The number of hydrogen-bond donors (Lipinski definition) is 2. The normalized spacial score (nSPS) is 20.4. The number of hydrogen-bond acceptors (Lipinski definition) is 8. The summed E-state index contributed by atoms with van der Waals surface area (Å²) in [5, 5.41) is 10.0. The number of nitrogens with one attached hydrogen (secondary N) is 1. The molecule has 0 bridgehead atoms. The molecular formula is C34H47N5O7S. The Morgan fingerprint density at radius 3 is 2.60 bits per heavy atom. The molecule has 2 heterocycles. The van der Waals surface area contributed by atoms with E-state index in [4.69, 9.17) is 9.47 Å². The number of benzene rings is 2. The first-order valence-electron chi connectivity index (χ1n) is 16.0. The van der Waals surface area contributed by atoms with Crippen LogP contribution in [0.2, 0.25) is 0 Å². The summed E-state index contributed by atoms with van der Waals surface area (Å²) in [6.45, 7) is 6.37. The predicted octanol–water partition coefficient (Wildman–Crippen LogP) is 3.72. The Balaban J connectivity index is 1.62. The van der Waals surface area contributed by atoms with Crippen molar-refractivity contribution in [3.63, 3.8) is 0 Å². The van der Waals surface area contributed by atoms with Crippen molar-refractivity contribution in [2.24, 2.45) is 13.0 Å². The van der Waals surface area contributed by atoms with Crippen LogP contribution in [0.1, 0.15) is 56.0 Å². The van der Waals surface area contributed by atoms with Crippen LogP contribution in [0, 0.1) is 5.92 Å². The van der Waals surface area contributed by atoms with Gasteiger partial charge in [0, 0.05) is 51.6 Å². The molecule has 4 atom stereocenters. The molecule has 1 aliphatic rings. The minimum Gasteiger partial charge on any atom is -0.490 e. The highest BCUT2D eigenvalue weighted by atomic mass is 32.2. The van der Waals surface area contributed by atoms with Gasteiger partial charge in [0.05, 0.1) is 43.2 Å². The maximum Gasteiger partial charge on any atom is 0.280 e. The molecule has 47 heavy (non-hydrogen) atoms. The average Bonchev–Trinajstić information content (AvgIpc) is 3.50. The Labute approximate surface area is 277 Å². The van der Waals surface area contributed by atoms with Gasteiger partial charge < -0.3 is 28.9 Å². The van der Waals surface area contributed by atoms with Crippen LogP contribution in [-0.2, 0) is 33.0 Å². The van der Waals surface area contributed by atoms with Crippen molar-refractivity contribution in [1.29, 1.82) is 0 Å². The molecular weight excluding hydrogens is 622 g/mol. The summed E-state index contributed by atoms with van der Waals surface area (Å²) >= 11 is 0. The fraction of sp³-hybridized carbons (Fsp3) is 0.500. The number of sulfonamides is 1. The molecule has 0 aliphatic carbocycles. The molecule has 0 radical (unpaired) electrons. The number of amides is 2. The van der Waals surface area contributed by atoms with Crippen LogP contribution in [0.5, 0.6) is 5.75 Å². The Morgan fingerprint density at radius 2 is 1.91 bits per heavy atom. The van der Waals surface area contributed by atoms with Gasteiger partial charge in [-0.15, -0.1) is 0 Å². The molecule has 13 heteroatoms. The second kappa shape index (κ2) is 16.2. The minimum atomic E-state index is -4.02.